The van der Waals surface area contributed by atoms with Crippen LogP contribution in [0.4, 0.5) is 0 Å². The van der Waals surface area contributed by atoms with Crippen molar-refractivity contribution in [3.05, 3.63) is 0 Å². The van der Waals surface area contributed by atoms with Crippen LogP contribution in [0.15, 0.2) is 0 Å². The molecule has 1 N–H and O–H groups in total. The first-order chi connectivity index (χ1) is 7.99. The molecule has 1 saturated heterocycles. The van der Waals surface area contributed by atoms with Gasteiger partial charge in [-0.2, -0.15) is 0 Å². The lowest BCUT2D eigenvalue weighted by molar-refractivity contribution is -0.141. The molecule has 1 atom stereocenters. The van der Waals surface area contributed by atoms with E-state index in [1.54, 1.807) is 6.92 Å². The summed E-state index contributed by atoms with van der Waals surface area (Å²) in [6.45, 7) is 8.74. The Hall–Kier alpha value is -0.650. The molecule has 1 aliphatic heterocycles. The normalized spacial score (nSPS) is 20.7. The van der Waals surface area contributed by atoms with Gasteiger partial charge >= 0.3 is 5.97 Å². The maximum Gasteiger partial charge on any atom is 0.307 e. The van der Waals surface area contributed by atoms with E-state index >= 15 is 0 Å². The van der Waals surface area contributed by atoms with Crippen LogP contribution in [0.25, 0.3) is 0 Å². The van der Waals surface area contributed by atoms with Gasteiger partial charge in [0.25, 0.3) is 0 Å². The lowest BCUT2D eigenvalue weighted by Crippen LogP contribution is -2.49. The van der Waals surface area contributed by atoms with Gasteiger partial charge in [-0.1, -0.05) is 6.92 Å². The van der Waals surface area contributed by atoms with Crippen LogP contribution in [0.1, 0.15) is 6.92 Å². The van der Waals surface area contributed by atoms with Gasteiger partial charge in [-0.05, 0) is 14.1 Å². The fraction of sp³-hybridized carbons (Fsp3) is 0.917. The smallest absolute Gasteiger partial charge is 0.307 e. The van der Waals surface area contributed by atoms with E-state index in [4.69, 9.17) is 5.11 Å². The third kappa shape index (κ3) is 5.48. The van der Waals surface area contributed by atoms with Crippen LogP contribution < -0.4 is 0 Å². The summed E-state index contributed by atoms with van der Waals surface area (Å²) in [4.78, 5) is 17.7. The van der Waals surface area contributed by atoms with Crippen molar-refractivity contribution in [3.8, 4) is 0 Å². The minimum absolute atomic E-state index is 0.261. The predicted octanol–water partition coefficient (Wildman–Crippen LogP) is -0.114. The molecule has 5 nitrogen and oxygen atoms in total. The molecule has 1 fully saturated rings. The molecular weight excluding hydrogens is 218 g/mol. The summed E-state index contributed by atoms with van der Waals surface area (Å²) in [6, 6.07) is 0. The van der Waals surface area contributed by atoms with Gasteiger partial charge in [0.05, 0.1) is 5.92 Å². The van der Waals surface area contributed by atoms with Crippen LogP contribution in [0, 0.1) is 5.92 Å². The van der Waals surface area contributed by atoms with Crippen molar-refractivity contribution in [1.29, 1.82) is 0 Å². The molecule has 17 heavy (non-hydrogen) atoms. The molecule has 0 aromatic carbocycles. The van der Waals surface area contributed by atoms with Gasteiger partial charge < -0.3 is 10.0 Å². The van der Waals surface area contributed by atoms with Crippen LogP contribution in [-0.4, -0.2) is 85.7 Å². The monoisotopic (exact) mass is 243 g/mol. The van der Waals surface area contributed by atoms with Crippen molar-refractivity contribution in [2.24, 2.45) is 5.92 Å². The Morgan fingerprint density at radius 2 is 1.76 bits per heavy atom. The molecule has 0 amide bonds. The van der Waals surface area contributed by atoms with Gasteiger partial charge in [0.15, 0.2) is 0 Å². The molecule has 0 aliphatic carbocycles. The van der Waals surface area contributed by atoms with Gasteiger partial charge in [-0.15, -0.1) is 0 Å². The predicted molar refractivity (Wildman–Crippen MR) is 68.2 cm³/mol. The number of carboxylic acids is 1. The molecule has 1 aliphatic rings. The van der Waals surface area contributed by atoms with Gasteiger partial charge in [0.2, 0.25) is 0 Å². The first-order valence-electron chi connectivity index (χ1n) is 6.31. The summed E-state index contributed by atoms with van der Waals surface area (Å²) < 4.78 is 0. The van der Waals surface area contributed by atoms with Gasteiger partial charge in [0.1, 0.15) is 0 Å². The summed E-state index contributed by atoms with van der Waals surface area (Å²) in [5.74, 6) is -0.955. The highest BCUT2D eigenvalue weighted by Crippen LogP contribution is 2.05. The van der Waals surface area contributed by atoms with Gasteiger partial charge in [-0.3, -0.25) is 14.6 Å². The molecule has 0 aromatic rings. The van der Waals surface area contributed by atoms with Crippen molar-refractivity contribution >= 4 is 5.97 Å². The lowest BCUT2D eigenvalue weighted by atomic mass is 10.1. The highest BCUT2D eigenvalue weighted by atomic mass is 16.4. The average molecular weight is 243 g/mol. The first kappa shape index (κ1) is 14.4. The second kappa shape index (κ2) is 6.93. The van der Waals surface area contributed by atoms with Crippen molar-refractivity contribution in [2.75, 3.05) is 59.9 Å². The molecular formula is C12H25N3O2. The maximum atomic E-state index is 10.8. The van der Waals surface area contributed by atoms with Gasteiger partial charge in [0, 0.05) is 45.8 Å². The minimum atomic E-state index is -0.694. The fourth-order valence-corrected chi connectivity index (χ4v) is 2.00. The molecule has 1 rings (SSSR count). The summed E-state index contributed by atoms with van der Waals surface area (Å²) >= 11 is 0. The first-order valence-corrected chi connectivity index (χ1v) is 6.31. The molecule has 0 radical (unpaired) electrons. The van der Waals surface area contributed by atoms with Crippen molar-refractivity contribution < 1.29 is 9.90 Å². The minimum Gasteiger partial charge on any atom is -0.481 e. The van der Waals surface area contributed by atoms with Crippen LogP contribution in [0.2, 0.25) is 0 Å². The Morgan fingerprint density at radius 3 is 2.24 bits per heavy atom. The number of hydrogen-bond donors (Lipinski definition) is 1. The molecule has 0 aromatic heterocycles. The number of piperazine rings is 1. The largest absolute Gasteiger partial charge is 0.481 e. The topological polar surface area (TPSA) is 47.0 Å². The number of likely N-dealkylation sites (N-methyl/N-ethyl adjacent to an activating group) is 1. The number of hydrogen-bond acceptors (Lipinski definition) is 4. The maximum absolute atomic E-state index is 10.8. The summed E-state index contributed by atoms with van der Waals surface area (Å²) in [5, 5.41) is 8.87. The second-order valence-corrected chi connectivity index (χ2v) is 5.18. The number of rotatable bonds is 6. The van der Waals surface area contributed by atoms with Crippen molar-refractivity contribution in [3.63, 3.8) is 0 Å². The third-order valence-electron chi connectivity index (χ3n) is 3.28. The molecule has 100 valence electrons. The van der Waals surface area contributed by atoms with Gasteiger partial charge in [-0.25, -0.2) is 0 Å². The Bertz CT molecular complexity index is 238. The zero-order valence-electron chi connectivity index (χ0n) is 11.2. The van der Waals surface area contributed by atoms with E-state index < -0.39 is 5.97 Å². The zero-order chi connectivity index (χ0) is 12.8. The number of carboxylic acid groups (broad SMARTS) is 1. The van der Waals surface area contributed by atoms with E-state index in [0.717, 1.165) is 39.3 Å². The lowest BCUT2D eigenvalue weighted by Gasteiger charge is -2.35. The highest BCUT2D eigenvalue weighted by Gasteiger charge is 2.20. The molecule has 5 heteroatoms. The van der Waals surface area contributed by atoms with Crippen LogP contribution >= 0.6 is 0 Å². The number of nitrogens with zero attached hydrogens (tertiary/aromatic N) is 3. The van der Waals surface area contributed by atoms with Crippen LogP contribution in [0.5, 0.6) is 0 Å². The third-order valence-corrected chi connectivity index (χ3v) is 3.28. The van der Waals surface area contributed by atoms with E-state index in [1.807, 2.05) is 0 Å². The van der Waals surface area contributed by atoms with Crippen molar-refractivity contribution in [2.45, 2.75) is 6.92 Å². The van der Waals surface area contributed by atoms with E-state index in [1.165, 1.54) is 0 Å². The Kier molecular flexibility index (Phi) is 5.88. The van der Waals surface area contributed by atoms with Crippen molar-refractivity contribution in [1.82, 2.24) is 14.7 Å². The summed E-state index contributed by atoms with van der Waals surface area (Å²) in [5.41, 5.74) is 0. The Labute approximate surface area is 104 Å². The highest BCUT2D eigenvalue weighted by molar-refractivity contribution is 5.69. The van der Waals surface area contributed by atoms with E-state index in [-0.39, 0.29) is 5.92 Å². The SMILES string of the molecule is CC(CN1CCN(CCN(C)C)CC1)C(=O)O. The fourth-order valence-electron chi connectivity index (χ4n) is 2.00. The average Bonchev–Trinajstić information content (AvgIpc) is 2.28. The van der Waals surface area contributed by atoms with E-state index in [2.05, 4.69) is 28.8 Å². The van der Waals surface area contributed by atoms with E-state index in [9.17, 15) is 4.79 Å². The molecule has 0 saturated carbocycles. The Morgan fingerprint density at radius 1 is 1.24 bits per heavy atom. The quantitative estimate of drug-likeness (QED) is 0.705. The standard InChI is InChI=1S/C12H25N3O2/c1-11(12(16)17)10-15-8-6-14(7-9-15)5-4-13(2)3/h11H,4-10H2,1-3H3,(H,16,17). The molecule has 1 unspecified atom stereocenters. The van der Waals surface area contributed by atoms with Crippen LogP contribution in [-0.2, 0) is 4.79 Å². The number of aliphatic carboxylic acids is 1. The number of carbonyl (C=O) groups is 1. The molecule has 1 heterocycles. The second-order valence-electron chi connectivity index (χ2n) is 5.18. The summed E-state index contributed by atoms with van der Waals surface area (Å²) in [7, 11) is 4.18. The molecule has 0 spiro atoms. The summed E-state index contributed by atoms with van der Waals surface area (Å²) in [6.07, 6.45) is 0. The Balaban J connectivity index is 2.19. The molecule has 0 bridgehead atoms. The zero-order valence-corrected chi connectivity index (χ0v) is 11.2. The van der Waals surface area contributed by atoms with Crippen LogP contribution in [0.3, 0.4) is 0 Å². The van der Waals surface area contributed by atoms with E-state index in [0.29, 0.717) is 6.54 Å².